The van der Waals surface area contributed by atoms with Crippen molar-refractivity contribution in [2.45, 2.75) is 26.2 Å². The van der Waals surface area contributed by atoms with Gasteiger partial charge in [0, 0.05) is 30.4 Å². The van der Waals surface area contributed by atoms with Crippen LogP contribution in [0.1, 0.15) is 33.5 Å². The average molecular weight is 316 g/mol. The van der Waals surface area contributed by atoms with Gasteiger partial charge in [-0.05, 0) is 36.8 Å². The molecule has 22 heavy (non-hydrogen) atoms. The van der Waals surface area contributed by atoms with Gasteiger partial charge >= 0.3 is 0 Å². The minimum Gasteiger partial charge on any atom is -0.367 e. The van der Waals surface area contributed by atoms with Crippen LogP contribution in [0.2, 0.25) is 0 Å². The fraction of sp³-hybridized carbons (Fsp3) is 0.438. The molecule has 1 aliphatic carbocycles. The first-order valence-corrected chi connectivity index (χ1v) is 8.43. The Morgan fingerprint density at radius 1 is 1.41 bits per heavy atom. The Balaban J connectivity index is 1.48. The predicted octanol–water partition coefficient (Wildman–Crippen LogP) is 2.50. The van der Waals surface area contributed by atoms with Crippen LogP contribution in [0.25, 0.3) is 0 Å². The Kier molecular flexibility index (Phi) is 4.68. The second kappa shape index (κ2) is 6.87. The average Bonchev–Trinajstić information content (AvgIpc) is 2.95. The summed E-state index contributed by atoms with van der Waals surface area (Å²) in [7, 11) is 0. The summed E-state index contributed by atoms with van der Waals surface area (Å²) < 4.78 is 0. The monoisotopic (exact) mass is 316 g/mol. The van der Waals surface area contributed by atoms with E-state index >= 15 is 0 Å². The van der Waals surface area contributed by atoms with E-state index in [1.165, 1.54) is 16.9 Å². The Labute approximate surface area is 134 Å². The van der Waals surface area contributed by atoms with Gasteiger partial charge in [0.05, 0.1) is 11.1 Å². The number of nitrogens with zero attached hydrogens (tertiary/aromatic N) is 2. The first-order valence-electron chi connectivity index (χ1n) is 7.62. The molecule has 0 fully saturated rings. The summed E-state index contributed by atoms with van der Waals surface area (Å²) in [4.78, 5) is 22.5. The lowest BCUT2D eigenvalue weighted by Gasteiger charge is -2.16. The van der Waals surface area contributed by atoms with Crippen molar-refractivity contribution in [2.75, 3.05) is 18.4 Å². The van der Waals surface area contributed by atoms with Crippen LogP contribution in [0.15, 0.2) is 24.7 Å². The van der Waals surface area contributed by atoms with Crippen LogP contribution in [0.5, 0.6) is 0 Å². The lowest BCUT2D eigenvalue weighted by Crippen LogP contribution is -2.28. The molecule has 0 radical (unpaired) electrons. The first-order chi connectivity index (χ1) is 10.7. The van der Waals surface area contributed by atoms with Gasteiger partial charge in [-0.1, -0.05) is 6.92 Å². The van der Waals surface area contributed by atoms with E-state index in [9.17, 15) is 4.79 Å². The normalized spacial score (nSPS) is 16.9. The number of rotatable bonds is 5. The number of anilines is 1. The lowest BCUT2D eigenvalue weighted by molar-refractivity contribution is 0.0959. The Bertz CT molecular complexity index is 641. The van der Waals surface area contributed by atoms with Gasteiger partial charge in [-0.25, -0.2) is 4.98 Å². The molecule has 0 spiro atoms. The molecule has 2 aromatic rings. The Morgan fingerprint density at radius 3 is 3.14 bits per heavy atom. The zero-order valence-electron chi connectivity index (χ0n) is 12.6. The topological polar surface area (TPSA) is 66.9 Å². The molecule has 0 bridgehead atoms. The third kappa shape index (κ3) is 3.62. The van der Waals surface area contributed by atoms with Crippen molar-refractivity contribution in [1.82, 2.24) is 15.3 Å². The molecule has 1 aliphatic rings. The highest BCUT2D eigenvalue weighted by atomic mass is 32.1. The highest BCUT2D eigenvalue weighted by molar-refractivity contribution is 7.14. The predicted molar refractivity (Wildman–Crippen MR) is 88.4 cm³/mol. The van der Waals surface area contributed by atoms with Gasteiger partial charge in [-0.3, -0.25) is 9.78 Å². The number of aromatic nitrogens is 2. The summed E-state index contributed by atoms with van der Waals surface area (Å²) >= 11 is 1.65. The van der Waals surface area contributed by atoms with Crippen LogP contribution in [0, 0.1) is 5.92 Å². The summed E-state index contributed by atoms with van der Waals surface area (Å²) in [6.45, 7) is 3.47. The van der Waals surface area contributed by atoms with Crippen LogP contribution in [-0.2, 0) is 12.8 Å². The Hall–Kier alpha value is -1.95. The summed E-state index contributed by atoms with van der Waals surface area (Å²) in [5.41, 5.74) is 1.37. The SMILES string of the molecule is CC1CCc2sc(C(=O)NCCNc3cnccn3)cc2C1. The van der Waals surface area contributed by atoms with Gasteiger partial charge in [0.2, 0.25) is 0 Å². The Morgan fingerprint density at radius 2 is 2.32 bits per heavy atom. The quantitative estimate of drug-likeness (QED) is 0.832. The number of aryl methyl sites for hydroxylation is 1. The highest BCUT2D eigenvalue weighted by Crippen LogP contribution is 2.32. The van der Waals surface area contributed by atoms with Crippen LogP contribution in [-0.4, -0.2) is 29.0 Å². The zero-order valence-corrected chi connectivity index (χ0v) is 13.4. The van der Waals surface area contributed by atoms with Crippen molar-refractivity contribution < 1.29 is 4.79 Å². The van der Waals surface area contributed by atoms with E-state index in [0.29, 0.717) is 13.1 Å². The molecule has 2 heterocycles. The van der Waals surface area contributed by atoms with Gasteiger partial charge in [0.15, 0.2) is 0 Å². The largest absolute Gasteiger partial charge is 0.367 e. The van der Waals surface area contributed by atoms with E-state index in [0.717, 1.165) is 29.5 Å². The smallest absolute Gasteiger partial charge is 0.261 e. The number of carbonyl (C=O) groups is 1. The van der Waals surface area contributed by atoms with Crippen molar-refractivity contribution >= 4 is 23.1 Å². The van der Waals surface area contributed by atoms with Gasteiger partial charge in [-0.2, -0.15) is 0 Å². The number of carbonyl (C=O) groups excluding carboxylic acids is 1. The van der Waals surface area contributed by atoms with Gasteiger partial charge < -0.3 is 10.6 Å². The van der Waals surface area contributed by atoms with E-state index < -0.39 is 0 Å². The maximum Gasteiger partial charge on any atom is 0.261 e. The van der Waals surface area contributed by atoms with Gasteiger partial charge in [-0.15, -0.1) is 11.3 Å². The molecule has 2 aromatic heterocycles. The van der Waals surface area contributed by atoms with E-state index in [-0.39, 0.29) is 5.91 Å². The van der Waals surface area contributed by atoms with Crippen molar-refractivity contribution in [3.05, 3.63) is 40.0 Å². The molecule has 0 aromatic carbocycles. The molecule has 0 saturated heterocycles. The van der Waals surface area contributed by atoms with Crippen LogP contribution in [0.3, 0.4) is 0 Å². The number of nitrogens with one attached hydrogen (secondary N) is 2. The highest BCUT2D eigenvalue weighted by Gasteiger charge is 2.20. The fourth-order valence-corrected chi connectivity index (χ4v) is 3.79. The molecule has 0 aliphatic heterocycles. The van der Waals surface area contributed by atoms with Gasteiger partial charge in [0.25, 0.3) is 5.91 Å². The summed E-state index contributed by atoms with van der Waals surface area (Å²) in [5.74, 6) is 1.47. The standard InChI is InChI=1S/C16H20N4OS/c1-11-2-3-13-12(8-11)9-14(22-13)16(21)20-7-6-19-15-10-17-4-5-18-15/h4-5,9-11H,2-3,6-8H2,1H3,(H,18,19)(H,20,21). The van der Waals surface area contributed by atoms with E-state index in [1.807, 2.05) is 0 Å². The molecular weight excluding hydrogens is 296 g/mol. The molecule has 5 nitrogen and oxygen atoms in total. The van der Waals surface area contributed by atoms with Crippen molar-refractivity contribution in [3.8, 4) is 0 Å². The third-order valence-electron chi connectivity index (χ3n) is 3.83. The zero-order chi connectivity index (χ0) is 15.4. The molecule has 2 N–H and O–H groups in total. The second-order valence-electron chi connectivity index (χ2n) is 5.68. The van der Waals surface area contributed by atoms with Crippen molar-refractivity contribution in [2.24, 2.45) is 5.92 Å². The molecule has 1 unspecified atom stereocenters. The lowest BCUT2D eigenvalue weighted by atomic mass is 9.90. The second-order valence-corrected chi connectivity index (χ2v) is 6.82. The van der Waals surface area contributed by atoms with E-state index in [2.05, 4.69) is 33.6 Å². The summed E-state index contributed by atoms with van der Waals surface area (Å²) in [5, 5.41) is 6.07. The van der Waals surface area contributed by atoms with Crippen LogP contribution < -0.4 is 10.6 Å². The first kappa shape index (κ1) is 15.0. The third-order valence-corrected chi connectivity index (χ3v) is 5.07. The van der Waals surface area contributed by atoms with Crippen LogP contribution in [0.4, 0.5) is 5.82 Å². The van der Waals surface area contributed by atoms with E-state index in [1.54, 1.807) is 29.9 Å². The number of hydrogen-bond donors (Lipinski definition) is 2. The number of amides is 1. The number of fused-ring (bicyclic) bond motifs is 1. The van der Waals surface area contributed by atoms with Crippen LogP contribution >= 0.6 is 11.3 Å². The number of thiophene rings is 1. The molecule has 1 atom stereocenters. The van der Waals surface area contributed by atoms with Crippen molar-refractivity contribution in [3.63, 3.8) is 0 Å². The molecule has 3 rings (SSSR count). The van der Waals surface area contributed by atoms with Crippen molar-refractivity contribution in [1.29, 1.82) is 0 Å². The number of hydrogen-bond acceptors (Lipinski definition) is 5. The summed E-state index contributed by atoms with van der Waals surface area (Å²) in [6.07, 6.45) is 8.38. The van der Waals surface area contributed by atoms with Gasteiger partial charge in [0.1, 0.15) is 5.82 Å². The maximum atomic E-state index is 12.2. The van der Waals surface area contributed by atoms with E-state index in [4.69, 9.17) is 0 Å². The summed E-state index contributed by atoms with van der Waals surface area (Å²) in [6, 6.07) is 2.07. The molecular formula is C16H20N4OS. The fourth-order valence-electron chi connectivity index (χ4n) is 2.66. The molecule has 0 saturated carbocycles. The molecule has 6 heteroatoms. The minimum absolute atomic E-state index is 0.0213. The molecule has 1 amide bonds. The minimum atomic E-state index is 0.0213. The molecule has 116 valence electrons. The maximum absolute atomic E-state index is 12.2.